The van der Waals surface area contributed by atoms with Gasteiger partial charge in [-0.3, -0.25) is 19.2 Å². The van der Waals surface area contributed by atoms with E-state index in [-0.39, 0.29) is 50.9 Å². The van der Waals surface area contributed by atoms with Crippen LogP contribution in [-0.4, -0.2) is 77.7 Å². The molecular formula is C36H42ClN3O7. The van der Waals surface area contributed by atoms with Crippen LogP contribution in [0.5, 0.6) is 0 Å². The highest BCUT2D eigenvalue weighted by atomic mass is 35.5. The number of rotatable bonds is 15. The van der Waals surface area contributed by atoms with Gasteiger partial charge in [-0.05, 0) is 49.8 Å². The number of amides is 3. The lowest BCUT2D eigenvalue weighted by Crippen LogP contribution is -2.56. The average Bonchev–Trinajstić information content (AvgIpc) is 3.71. The zero-order valence-electron chi connectivity index (χ0n) is 26.6. The van der Waals surface area contributed by atoms with E-state index in [1.807, 2.05) is 43.3 Å². The number of allylic oxidation sites excluding steroid dienone is 1. The predicted octanol–water partition coefficient (Wildman–Crippen LogP) is 4.29. The molecule has 3 saturated heterocycles. The van der Waals surface area contributed by atoms with Gasteiger partial charge in [0.15, 0.2) is 0 Å². The summed E-state index contributed by atoms with van der Waals surface area (Å²) in [6, 6.07) is 13.4. The number of ether oxygens (including phenoxy) is 2. The zero-order valence-corrected chi connectivity index (χ0v) is 27.4. The summed E-state index contributed by atoms with van der Waals surface area (Å²) in [6.45, 7) is 9.44. The number of hydrogen-bond donors (Lipinski definition) is 2. The molecule has 3 fully saturated rings. The minimum absolute atomic E-state index is 0.0468. The Hall–Kier alpha value is -3.99. The number of esters is 1. The molecule has 0 aromatic heterocycles. The molecule has 2 N–H and O–H groups in total. The Labute approximate surface area is 280 Å². The van der Waals surface area contributed by atoms with E-state index < -0.39 is 47.6 Å². The van der Waals surface area contributed by atoms with E-state index in [2.05, 4.69) is 18.5 Å². The number of benzene rings is 2. The van der Waals surface area contributed by atoms with Gasteiger partial charge in [-0.2, -0.15) is 0 Å². The summed E-state index contributed by atoms with van der Waals surface area (Å²) in [5, 5.41) is 12.9. The van der Waals surface area contributed by atoms with Crippen LogP contribution in [0.25, 0.3) is 0 Å². The van der Waals surface area contributed by atoms with E-state index >= 15 is 0 Å². The lowest BCUT2D eigenvalue weighted by Gasteiger charge is -2.37. The summed E-state index contributed by atoms with van der Waals surface area (Å²) in [7, 11) is 0. The van der Waals surface area contributed by atoms with Gasteiger partial charge >= 0.3 is 5.97 Å². The highest BCUT2D eigenvalue weighted by Gasteiger charge is 2.75. The van der Waals surface area contributed by atoms with Gasteiger partial charge in [0.1, 0.15) is 17.7 Å². The fourth-order valence-electron chi connectivity index (χ4n) is 7.36. The topological polar surface area (TPSA) is 125 Å². The van der Waals surface area contributed by atoms with Gasteiger partial charge in [0, 0.05) is 26.1 Å². The number of likely N-dealkylation sites (tertiary alicyclic amines) is 1. The van der Waals surface area contributed by atoms with Crippen molar-refractivity contribution in [1.82, 2.24) is 10.2 Å². The highest BCUT2D eigenvalue weighted by Crippen LogP contribution is 2.59. The van der Waals surface area contributed by atoms with Gasteiger partial charge < -0.3 is 29.7 Å². The van der Waals surface area contributed by atoms with Gasteiger partial charge in [0.05, 0.1) is 35.2 Å². The summed E-state index contributed by atoms with van der Waals surface area (Å²) in [5.74, 6) is -3.52. The summed E-state index contributed by atoms with van der Waals surface area (Å²) in [5.41, 5.74) is 0.704. The Balaban J connectivity index is 1.46. The van der Waals surface area contributed by atoms with E-state index in [0.29, 0.717) is 35.5 Å². The second-order valence-corrected chi connectivity index (χ2v) is 12.7. The predicted molar refractivity (Wildman–Crippen MR) is 177 cm³/mol. The maximum Gasteiger partial charge on any atom is 0.313 e. The number of aliphatic hydroxyl groups excluding tert-OH is 1. The lowest BCUT2D eigenvalue weighted by molar-refractivity contribution is -0.160. The molecular weight excluding hydrogens is 622 g/mol. The Morgan fingerprint density at radius 2 is 1.96 bits per heavy atom. The van der Waals surface area contributed by atoms with Crippen LogP contribution >= 0.6 is 11.6 Å². The molecule has 2 aromatic carbocycles. The summed E-state index contributed by atoms with van der Waals surface area (Å²) < 4.78 is 12.7. The molecule has 250 valence electrons. The molecule has 2 bridgehead atoms. The standard InChI is InChI=1S/C36H42ClN3O7/c1-4-6-16-28(42)38-22-27(24-13-8-7-9-14-24)46-35(45)29-26-17-18-36(47-26)30(29)33(43)40(20-11-21-41)32(36)34(44)39(19-5-2)31-23(3)12-10-15-25(31)37/h4-5,7-10,12-15,26-27,29-30,32,41H,1-2,6,11,16-22H2,3H3,(H,38,42)/t26-,27-,29+,30+,32-,36+/m0/s1. The number of fused-ring (bicyclic) bond motifs is 1. The second-order valence-electron chi connectivity index (χ2n) is 12.3. The first-order valence-corrected chi connectivity index (χ1v) is 16.5. The molecule has 2 aromatic rings. The third-order valence-electron chi connectivity index (χ3n) is 9.39. The first kappa shape index (κ1) is 34.3. The van der Waals surface area contributed by atoms with Gasteiger partial charge in [-0.15, -0.1) is 13.2 Å². The van der Waals surface area contributed by atoms with Crippen LogP contribution in [0.15, 0.2) is 73.8 Å². The van der Waals surface area contributed by atoms with Crippen LogP contribution in [0.2, 0.25) is 5.02 Å². The number of anilines is 1. The van der Waals surface area contributed by atoms with Crippen molar-refractivity contribution < 1.29 is 33.8 Å². The smallest absolute Gasteiger partial charge is 0.313 e. The van der Waals surface area contributed by atoms with E-state index in [1.54, 1.807) is 24.3 Å². The van der Waals surface area contributed by atoms with E-state index in [9.17, 15) is 24.3 Å². The third-order valence-corrected chi connectivity index (χ3v) is 9.69. The fraction of sp³-hybridized carbons (Fsp3) is 0.444. The number of carbonyl (C=O) groups excluding carboxylic acids is 4. The molecule has 47 heavy (non-hydrogen) atoms. The Kier molecular flexibility index (Phi) is 10.8. The normalized spacial score (nSPS) is 24.8. The van der Waals surface area contributed by atoms with Crippen LogP contribution in [0.3, 0.4) is 0 Å². The number of hydrogen-bond acceptors (Lipinski definition) is 7. The number of halogens is 1. The van der Waals surface area contributed by atoms with Crippen molar-refractivity contribution in [3.8, 4) is 0 Å². The molecule has 0 unspecified atom stereocenters. The van der Waals surface area contributed by atoms with Crippen molar-refractivity contribution >= 4 is 41.0 Å². The van der Waals surface area contributed by atoms with Crippen molar-refractivity contribution in [2.45, 2.75) is 62.9 Å². The Morgan fingerprint density at radius 1 is 1.19 bits per heavy atom. The molecule has 1 spiro atoms. The van der Waals surface area contributed by atoms with Crippen LogP contribution in [0, 0.1) is 18.8 Å². The minimum atomic E-state index is -1.27. The number of nitrogens with zero attached hydrogens (tertiary/aromatic N) is 2. The third kappa shape index (κ3) is 6.59. The summed E-state index contributed by atoms with van der Waals surface area (Å²) >= 11 is 6.62. The monoisotopic (exact) mass is 663 g/mol. The van der Waals surface area contributed by atoms with E-state index in [4.69, 9.17) is 21.1 Å². The molecule has 3 aliphatic heterocycles. The van der Waals surface area contributed by atoms with Crippen molar-refractivity contribution in [3.63, 3.8) is 0 Å². The van der Waals surface area contributed by atoms with E-state index in [0.717, 1.165) is 5.56 Å². The molecule has 6 atom stereocenters. The van der Waals surface area contributed by atoms with Gasteiger partial charge in [-0.1, -0.05) is 66.2 Å². The minimum Gasteiger partial charge on any atom is -0.455 e. The molecule has 0 aliphatic carbocycles. The summed E-state index contributed by atoms with van der Waals surface area (Å²) in [4.78, 5) is 58.5. The molecule has 0 radical (unpaired) electrons. The molecule has 5 rings (SSSR count). The van der Waals surface area contributed by atoms with Crippen molar-refractivity contribution in [2.75, 3.05) is 31.1 Å². The van der Waals surface area contributed by atoms with Crippen molar-refractivity contribution in [2.24, 2.45) is 11.8 Å². The quantitative estimate of drug-likeness (QED) is 0.215. The van der Waals surface area contributed by atoms with Crippen LogP contribution in [-0.2, 0) is 28.7 Å². The van der Waals surface area contributed by atoms with E-state index in [1.165, 1.54) is 9.80 Å². The molecule has 3 aliphatic rings. The molecule has 11 heteroatoms. The Morgan fingerprint density at radius 3 is 2.64 bits per heavy atom. The zero-order chi connectivity index (χ0) is 33.7. The first-order valence-electron chi connectivity index (χ1n) is 16.1. The number of nitrogens with one attached hydrogen (secondary N) is 1. The Bertz CT molecular complexity index is 1500. The number of aliphatic hydroxyl groups is 1. The van der Waals surface area contributed by atoms with Crippen LogP contribution < -0.4 is 10.2 Å². The van der Waals surface area contributed by atoms with Crippen molar-refractivity contribution in [3.05, 3.63) is 90.0 Å². The fourth-order valence-corrected chi connectivity index (χ4v) is 7.68. The summed E-state index contributed by atoms with van der Waals surface area (Å²) in [6.07, 6.45) is 3.69. The number of aryl methyl sites for hydroxylation is 1. The molecule has 3 heterocycles. The second kappa shape index (κ2) is 14.8. The van der Waals surface area contributed by atoms with Crippen LogP contribution in [0.4, 0.5) is 5.69 Å². The molecule has 3 amide bonds. The SMILES string of the molecule is C=CCCC(=O)NC[C@H](OC(=O)[C@@H]1[C@@H]2CC[C@]3(O2)[C@H](C(=O)N(CC=C)c2c(C)cccc2Cl)N(CCCO)C(=O)[C@@H]13)c1ccccc1. The lowest BCUT2D eigenvalue weighted by atomic mass is 9.70. The van der Waals surface area contributed by atoms with Crippen LogP contribution in [0.1, 0.15) is 49.3 Å². The first-order chi connectivity index (χ1) is 22.7. The maximum absolute atomic E-state index is 14.7. The number of carbonyl (C=O) groups is 4. The highest BCUT2D eigenvalue weighted by molar-refractivity contribution is 6.34. The average molecular weight is 664 g/mol. The number of para-hydroxylation sites is 1. The van der Waals surface area contributed by atoms with Gasteiger partial charge in [-0.25, -0.2) is 0 Å². The van der Waals surface area contributed by atoms with Gasteiger partial charge in [0.2, 0.25) is 11.8 Å². The largest absolute Gasteiger partial charge is 0.455 e. The van der Waals surface area contributed by atoms with Crippen molar-refractivity contribution in [1.29, 1.82) is 0 Å². The maximum atomic E-state index is 14.7. The molecule has 0 saturated carbocycles. The molecule has 10 nitrogen and oxygen atoms in total. The van der Waals surface area contributed by atoms with Gasteiger partial charge in [0.25, 0.3) is 5.91 Å².